The average molecular weight is 290 g/mol. The van der Waals surface area contributed by atoms with Gasteiger partial charge in [-0.3, -0.25) is 14.9 Å². The Kier molecular flexibility index (Phi) is 2.82. The van der Waals surface area contributed by atoms with Gasteiger partial charge in [0.15, 0.2) is 0 Å². The fourth-order valence-corrected chi connectivity index (χ4v) is 3.22. The molecule has 0 spiro atoms. The van der Waals surface area contributed by atoms with Crippen LogP contribution in [0.3, 0.4) is 0 Å². The van der Waals surface area contributed by atoms with E-state index >= 15 is 0 Å². The summed E-state index contributed by atoms with van der Waals surface area (Å²) >= 11 is 0. The van der Waals surface area contributed by atoms with Crippen LogP contribution >= 0.6 is 0 Å². The van der Waals surface area contributed by atoms with Crippen LogP contribution in [0, 0.1) is 0 Å². The standard InChI is InChI=1S/C18H14N2O2/c21-17-11-14(18(22)19-17)16-10-12-6-4-5-9-15(12)20(16)13-7-2-1-3-8-13/h1-9,11,16H,10H2,(H,19,21,22). The first kappa shape index (κ1) is 12.8. The van der Waals surface area contributed by atoms with E-state index in [2.05, 4.69) is 22.3 Å². The van der Waals surface area contributed by atoms with Crippen LogP contribution in [0.2, 0.25) is 0 Å². The monoisotopic (exact) mass is 290 g/mol. The summed E-state index contributed by atoms with van der Waals surface area (Å²) < 4.78 is 0. The van der Waals surface area contributed by atoms with Crippen molar-refractivity contribution in [3.8, 4) is 0 Å². The molecule has 4 rings (SSSR count). The summed E-state index contributed by atoms with van der Waals surface area (Å²) in [7, 11) is 0. The molecule has 0 aromatic heterocycles. The Morgan fingerprint density at radius 1 is 0.955 bits per heavy atom. The predicted molar refractivity (Wildman–Crippen MR) is 83.7 cm³/mol. The number of benzene rings is 2. The van der Waals surface area contributed by atoms with Gasteiger partial charge in [0.2, 0.25) is 0 Å². The van der Waals surface area contributed by atoms with Crippen molar-refractivity contribution < 1.29 is 9.59 Å². The Labute approximate surface area is 128 Å². The highest BCUT2D eigenvalue weighted by atomic mass is 16.2. The number of nitrogens with zero attached hydrogens (tertiary/aromatic N) is 1. The lowest BCUT2D eigenvalue weighted by Gasteiger charge is -2.27. The zero-order chi connectivity index (χ0) is 15.1. The number of rotatable bonds is 2. The van der Waals surface area contributed by atoms with E-state index in [4.69, 9.17) is 0 Å². The van der Waals surface area contributed by atoms with Crippen LogP contribution in [0.15, 0.2) is 66.2 Å². The summed E-state index contributed by atoms with van der Waals surface area (Å²) in [6.45, 7) is 0. The molecule has 2 heterocycles. The van der Waals surface area contributed by atoms with Gasteiger partial charge in [-0.05, 0) is 30.2 Å². The zero-order valence-corrected chi connectivity index (χ0v) is 11.8. The average Bonchev–Trinajstić information content (AvgIpc) is 3.07. The number of hydrogen-bond donors (Lipinski definition) is 1. The number of fused-ring (bicyclic) bond motifs is 1. The fourth-order valence-electron chi connectivity index (χ4n) is 3.22. The minimum absolute atomic E-state index is 0.147. The third-order valence-corrected chi connectivity index (χ3v) is 4.15. The first-order chi connectivity index (χ1) is 10.7. The highest BCUT2D eigenvalue weighted by molar-refractivity contribution is 6.17. The van der Waals surface area contributed by atoms with Crippen LogP contribution in [0.1, 0.15) is 5.56 Å². The van der Waals surface area contributed by atoms with Gasteiger partial charge in [-0.15, -0.1) is 0 Å². The van der Waals surface area contributed by atoms with Crippen molar-refractivity contribution in [3.05, 3.63) is 71.8 Å². The molecule has 2 aromatic carbocycles. The van der Waals surface area contributed by atoms with E-state index in [0.717, 1.165) is 17.8 Å². The molecule has 4 nitrogen and oxygen atoms in total. The molecular formula is C18H14N2O2. The van der Waals surface area contributed by atoms with Crippen molar-refractivity contribution in [3.63, 3.8) is 0 Å². The summed E-state index contributed by atoms with van der Waals surface area (Å²) in [6, 6.07) is 17.9. The van der Waals surface area contributed by atoms with Crippen LogP contribution in [-0.4, -0.2) is 17.9 Å². The summed E-state index contributed by atoms with van der Waals surface area (Å²) in [5.41, 5.74) is 3.83. The van der Waals surface area contributed by atoms with Gasteiger partial charge < -0.3 is 4.90 Å². The Balaban J connectivity index is 1.84. The van der Waals surface area contributed by atoms with Crippen LogP contribution in [-0.2, 0) is 16.0 Å². The van der Waals surface area contributed by atoms with Gasteiger partial charge in [0.05, 0.1) is 6.04 Å². The topological polar surface area (TPSA) is 49.4 Å². The molecule has 0 saturated heterocycles. The van der Waals surface area contributed by atoms with Crippen LogP contribution in [0.5, 0.6) is 0 Å². The van der Waals surface area contributed by atoms with Gasteiger partial charge in [-0.25, -0.2) is 0 Å². The van der Waals surface area contributed by atoms with Crippen LogP contribution in [0.25, 0.3) is 0 Å². The molecule has 2 aromatic rings. The summed E-state index contributed by atoms with van der Waals surface area (Å²) in [4.78, 5) is 25.7. The minimum Gasteiger partial charge on any atom is -0.333 e. The van der Waals surface area contributed by atoms with Crippen LogP contribution < -0.4 is 10.2 Å². The zero-order valence-electron chi connectivity index (χ0n) is 11.8. The summed E-state index contributed by atoms with van der Waals surface area (Å²) in [5.74, 6) is -0.618. The number of hydrogen-bond acceptors (Lipinski definition) is 3. The molecule has 0 saturated carbocycles. The van der Waals surface area contributed by atoms with E-state index in [9.17, 15) is 9.59 Å². The largest absolute Gasteiger partial charge is 0.333 e. The first-order valence-electron chi connectivity index (χ1n) is 7.23. The summed E-state index contributed by atoms with van der Waals surface area (Å²) in [6.07, 6.45) is 2.15. The molecule has 0 radical (unpaired) electrons. The Hall–Kier alpha value is -2.88. The summed E-state index contributed by atoms with van der Waals surface area (Å²) in [5, 5.41) is 2.35. The van der Waals surface area contributed by atoms with E-state index < -0.39 is 0 Å². The molecule has 2 aliphatic heterocycles. The highest BCUT2D eigenvalue weighted by Crippen LogP contribution is 2.40. The Morgan fingerprint density at radius 3 is 2.41 bits per heavy atom. The maximum absolute atomic E-state index is 12.1. The van der Waals surface area contributed by atoms with Gasteiger partial charge in [0.1, 0.15) is 0 Å². The Bertz CT molecular complexity index is 796. The van der Waals surface area contributed by atoms with Crippen molar-refractivity contribution in [2.75, 3.05) is 4.90 Å². The molecule has 1 N–H and O–H groups in total. The van der Waals surface area contributed by atoms with E-state index in [1.54, 1.807) is 0 Å². The number of anilines is 2. The van der Waals surface area contributed by atoms with Crippen molar-refractivity contribution in [2.45, 2.75) is 12.5 Å². The SMILES string of the molecule is O=C1C=C(C2Cc3ccccc3N2c2ccccc2)C(=O)N1. The molecule has 2 amide bonds. The number of amides is 2. The molecule has 4 heteroatoms. The maximum Gasteiger partial charge on any atom is 0.256 e. The molecule has 1 unspecified atom stereocenters. The third kappa shape index (κ3) is 1.92. The van der Waals surface area contributed by atoms with Gasteiger partial charge in [0, 0.05) is 23.0 Å². The molecule has 0 bridgehead atoms. The molecule has 22 heavy (non-hydrogen) atoms. The van der Waals surface area contributed by atoms with Crippen molar-refractivity contribution in [1.82, 2.24) is 5.32 Å². The lowest BCUT2D eigenvalue weighted by atomic mass is 10.0. The second kappa shape index (κ2) is 4.84. The second-order valence-corrected chi connectivity index (χ2v) is 5.47. The minimum atomic E-state index is -0.330. The third-order valence-electron chi connectivity index (χ3n) is 4.15. The molecule has 1 atom stereocenters. The van der Waals surface area contributed by atoms with E-state index in [1.165, 1.54) is 11.6 Å². The molecule has 0 aliphatic carbocycles. The predicted octanol–water partition coefficient (Wildman–Crippen LogP) is 2.33. The van der Waals surface area contributed by atoms with Crippen molar-refractivity contribution in [1.29, 1.82) is 0 Å². The molecular weight excluding hydrogens is 276 g/mol. The van der Waals surface area contributed by atoms with Crippen molar-refractivity contribution in [2.24, 2.45) is 0 Å². The fraction of sp³-hybridized carbons (Fsp3) is 0.111. The number of para-hydroxylation sites is 2. The quantitative estimate of drug-likeness (QED) is 0.864. The number of carbonyl (C=O) groups is 2. The maximum atomic E-state index is 12.1. The Morgan fingerprint density at radius 2 is 1.68 bits per heavy atom. The number of nitrogens with one attached hydrogen (secondary N) is 1. The van der Waals surface area contributed by atoms with E-state index in [1.807, 2.05) is 42.5 Å². The van der Waals surface area contributed by atoms with Crippen molar-refractivity contribution >= 4 is 23.2 Å². The normalized spacial score (nSPS) is 19.9. The molecule has 2 aliphatic rings. The lowest BCUT2D eigenvalue weighted by molar-refractivity contribution is -0.123. The van der Waals surface area contributed by atoms with E-state index in [0.29, 0.717) is 5.57 Å². The van der Waals surface area contributed by atoms with Crippen LogP contribution in [0.4, 0.5) is 11.4 Å². The van der Waals surface area contributed by atoms with E-state index in [-0.39, 0.29) is 17.9 Å². The smallest absolute Gasteiger partial charge is 0.256 e. The van der Waals surface area contributed by atoms with Gasteiger partial charge in [-0.2, -0.15) is 0 Å². The lowest BCUT2D eigenvalue weighted by Crippen LogP contribution is -2.34. The highest BCUT2D eigenvalue weighted by Gasteiger charge is 2.38. The van der Waals surface area contributed by atoms with Gasteiger partial charge in [0.25, 0.3) is 11.8 Å². The molecule has 108 valence electrons. The number of carbonyl (C=O) groups excluding carboxylic acids is 2. The number of imide groups is 1. The first-order valence-corrected chi connectivity index (χ1v) is 7.23. The van der Waals surface area contributed by atoms with Gasteiger partial charge in [-0.1, -0.05) is 36.4 Å². The van der Waals surface area contributed by atoms with Gasteiger partial charge >= 0.3 is 0 Å². The second-order valence-electron chi connectivity index (χ2n) is 5.47. The molecule has 0 fully saturated rings.